The first-order chi connectivity index (χ1) is 11.7. The molecule has 24 heavy (non-hydrogen) atoms. The zero-order valence-corrected chi connectivity index (χ0v) is 14.1. The van der Waals surface area contributed by atoms with Gasteiger partial charge >= 0.3 is 0 Å². The van der Waals surface area contributed by atoms with Gasteiger partial charge in [-0.15, -0.1) is 0 Å². The topological polar surface area (TPSA) is 21.6 Å². The second-order valence-electron chi connectivity index (χ2n) is 5.86. The molecule has 0 aromatic heterocycles. The van der Waals surface area contributed by atoms with E-state index in [1.807, 2.05) is 48.7 Å². The zero-order valence-electron chi connectivity index (χ0n) is 14.1. The molecule has 0 aliphatic heterocycles. The van der Waals surface area contributed by atoms with E-state index in [1.165, 1.54) is 11.1 Å². The van der Waals surface area contributed by atoms with Crippen LogP contribution in [0.4, 0.5) is 5.69 Å². The van der Waals surface area contributed by atoms with Crippen molar-refractivity contribution in [1.82, 2.24) is 0 Å². The van der Waals surface area contributed by atoms with E-state index in [-0.39, 0.29) is 0 Å². The van der Waals surface area contributed by atoms with Crippen LogP contribution in [0.1, 0.15) is 22.3 Å². The molecular formula is C22H21NO. The Kier molecular flexibility index (Phi) is 5.07. The Hall–Kier alpha value is -2.87. The van der Waals surface area contributed by atoms with Crippen molar-refractivity contribution in [3.63, 3.8) is 0 Å². The molecule has 0 spiro atoms. The summed E-state index contributed by atoms with van der Waals surface area (Å²) < 4.78 is 5.97. The van der Waals surface area contributed by atoms with Crippen LogP contribution >= 0.6 is 0 Å². The Balaban J connectivity index is 1.77. The number of nitrogens with zero attached hydrogens (tertiary/aromatic N) is 1. The molecule has 0 heterocycles. The Morgan fingerprint density at radius 1 is 0.875 bits per heavy atom. The molecule has 2 heteroatoms. The van der Waals surface area contributed by atoms with Gasteiger partial charge < -0.3 is 4.74 Å². The van der Waals surface area contributed by atoms with E-state index in [9.17, 15) is 0 Å². The first kappa shape index (κ1) is 16.0. The third-order valence-corrected chi connectivity index (χ3v) is 3.85. The highest BCUT2D eigenvalue weighted by atomic mass is 16.5. The summed E-state index contributed by atoms with van der Waals surface area (Å²) in [4.78, 5) is 4.63. The molecule has 0 unspecified atom stereocenters. The highest BCUT2D eigenvalue weighted by Crippen LogP contribution is 2.22. The first-order valence-electron chi connectivity index (χ1n) is 8.09. The van der Waals surface area contributed by atoms with Crippen LogP contribution in [0.5, 0.6) is 5.75 Å². The molecule has 0 fully saturated rings. The fourth-order valence-corrected chi connectivity index (χ4v) is 2.54. The van der Waals surface area contributed by atoms with Crippen molar-refractivity contribution in [3.05, 3.63) is 95.1 Å². The van der Waals surface area contributed by atoms with Gasteiger partial charge in [0, 0.05) is 11.8 Å². The van der Waals surface area contributed by atoms with Crippen LogP contribution in [0.25, 0.3) is 0 Å². The van der Waals surface area contributed by atoms with E-state index in [2.05, 4.69) is 49.2 Å². The fourth-order valence-electron chi connectivity index (χ4n) is 2.54. The van der Waals surface area contributed by atoms with Crippen molar-refractivity contribution >= 4 is 11.9 Å². The van der Waals surface area contributed by atoms with Crippen LogP contribution in [0.15, 0.2) is 77.8 Å². The number of hydrogen-bond donors (Lipinski definition) is 0. The molecule has 0 bridgehead atoms. The summed E-state index contributed by atoms with van der Waals surface area (Å²) in [5.74, 6) is 0.842. The molecule has 3 aromatic carbocycles. The van der Waals surface area contributed by atoms with Crippen molar-refractivity contribution in [2.45, 2.75) is 20.5 Å². The summed E-state index contributed by atoms with van der Waals surface area (Å²) in [5, 5.41) is 0. The van der Waals surface area contributed by atoms with E-state index >= 15 is 0 Å². The summed E-state index contributed by atoms with van der Waals surface area (Å²) >= 11 is 0. The molecular weight excluding hydrogens is 294 g/mol. The van der Waals surface area contributed by atoms with Crippen molar-refractivity contribution in [1.29, 1.82) is 0 Å². The number of rotatable bonds is 5. The third kappa shape index (κ3) is 4.11. The molecule has 2 nitrogen and oxygen atoms in total. The number of aryl methyl sites for hydroxylation is 2. The molecule has 0 aliphatic rings. The van der Waals surface area contributed by atoms with Crippen LogP contribution in [0.2, 0.25) is 0 Å². The maximum absolute atomic E-state index is 5.97. The number of benzene rings is 3. The molecule has 0 atom stereocenters. The average molecular weight is 315 g/mol. The molecule has 0 N–H and O–H groups in total. The number of para-hydroxylation sites is 1. The largest absolute Gasteiger partial charge is 0.488 e. The number of ether oxygens (including phenoxy) is 1. The minimum absolute atomic E-state index is 0.551. The molecule has 120 valence electrons. The second-order valence-corrected chi connectivity index (χ2v) is 5.86. The Morgan fingerprint density at radius 2 is 1.62 bits per heavy atom. The van der Waals surface area contributed by atoms with Crippen molar-refractivity contribution in [2.24, 2.45) is 4.99 Å². The van der Waals surface area contributed by atoms with Crippen LogP contribution in [-0.2, 0) is 6.61 Å². The van der Waals surface area contributed by atoms with Gasteiger partial charge in [-0.2, -0.15) is 0 Å². The Bertz CT molecular complexity index is 838. The summed E-state index contributed by atoms with van der Waals surface area (Å²) in [6, 6.07) is 24.4. The van der Waals surface area contributed by atoms with Gasteiger partial charge in [0.15, 0.2) is 0 Å². The van der Waals surface area contributed by atoms with Crippen molar-refractivity contribution < 1.29 is 4.74 Å². The first-order valence-corrected chi connectivity index (χ1v) is 8.09. The zero-order chi connectivity index (χ0) is 16.8. The molecule has 0 amide bonds. The van der Waals surface area contributed by atoms with Crippen molar-refractivity contribution in [2.75, 3.05) is 0 Å². The highest BCUT2D eigenvalue weighted by molar-refractivity contribution is 5.85. The average Bonchev–Trinajstić information content (AvgIpc) is 2.61. The second kappa shape index (κ2) is 7.60. The quantitative estimate of drug-likeness (QED) is 0.559. The predicted octanol–water partition coefficient (Wildman–Crippen LogP) is 5.63. The van der Waals surface area contributed by atoms with E-state index in [0.717, 1.165) is 22.6 Å². The molecule has 0 aliphatic carbocycles. The van der Waals surface area contributed by atoms with Crippen LogP contribution in [-0.4, -0.2) is 6.21 Å². The monoisotopic (exact) mass is 315 g/mol. The molecule has 3 aromatic rings. The molecule has 3 rings (SSSR count). The van der Waals surface area contributed by atoms with Crippen LogP contribution < -0.4 is 4.74 Å². The van der Waals surface area contributed by atoms with Crippen LogP contribution in [0, 0.1) is 13.8 Å². The maximum atomic E-state index is 5.97. The van der Waals surface area contributed by atoms with Gasteiger partial charge in [0.2, 0.25) is 0 Å². The smallest absolute Gasteiger partial charge is 0.128 e. The van der Waals surface area contributed by atoms with E-state index in [0.29, 0.717) is 6.61 Å². The van der Waals surface area contributed by atoms with Gasteiger partial charge in [-0.3, -0.25) is 4.99 Å². The Labute approximate surface area is 143 Å². The lowest BCUT2D eigenvalue weighted by Crippen LogP contribution is -1.98. The highest BCUT2D eigenvalue weighted by Gasteiger charge is 2.02. The summed E-state index contributed by atoms with van der Waals surface area (Å²) in [5.41, 5.74) is 5.54. The SMILES string of the molecule is Cc1ccc(N=Cc2ccccc2OCc2ccccc2)c(C)c1. The van der Waals surface area contributed by atoms with Crippen LogP contribution in [0.3, 0.4) is 0 Å². The lowest BCUT2D eigenvalue weighted by molar-refractivity contribution is 0.306. The van der Waals surface area contributed by atoms with Gasteiger partial charge in [0.05, 0.1) is 5.69 Å². The molecule has 0 saturated carbocycles. The van der Waals surface area contributed by atoms with E-state index in [4.69, 9.17) is 4.74 Å². The minimum atomic E-state index is 0.551. The van der Waals surface area contributed by atoms with E-state index < -0.39 is 0 Å². The summed E-state index contributed by atoms with van der Waals surface area (Å²) in [6.07, 6.45) is 1.87. The summed E-state index contributed by atoms with van der Waals surface area (Å²) in [6.45, 7) is 4.72. The van der Waals surface area contributed by atoms with Crippen molar-refractivity contribution in [3.8, 4) is 5.75 Å². The lowest BCUT2D eigenvalue weighted by atomic mass is 10.1. The molecule has 0 saturated heterocycles. The Morgan fingerprint density at radius 3 is 2.42 bits per heavy atom. The van der Waals surface area contributed by atoms with Gasteiger partial charge in [0.1, 0.15) is 12.4 Å². The number of hydrogen-bond acceptors (Lipinski definition) is 2. The van der Waals surface area contributed by atoms with E-state index in [1.54, 1.807) is 0 Å². The minimum Gasteiger partial charge on any atom is -0.488 e. The summed E-state index contributed by atoms with van der Waals surface area (Å²) in [7, 11) is 0. The maximum Gasteiger partial charge on any atom is 0.128 e. The van der Waals surface area contributed by atoms with Gasteiger partial charge in [-0.25, -0.2) is 0 Å². The van der Waals surface area contributed by atoms with Gasteiger partial charge in [-0.05, 0) is 43.2 Å². The number of aliphatic imine (C=N–C) groups is 1. The molecule has 0 radical (unpaired) electrons. The third-order valence-electron chi connectivity index (χ3n) is 3.85. The van der Waals surface area contributed by atoms with Gasteiger partial charge in [-0.1, -0.05) is 60.2 Å². The lowest BCUT2D eigenvalue weighted by Gasteiger charge is -2.09. The normalized spacial score (nSPS) is 10.9. The predicted molar refractivity (Wildman–Crippen MR) is 100 cm³/mol. The standard InChI is InChI=1S/C22H21NO/c1-17-12-13-21(18(2)14-17)23-15-20-10-6-7-11-22(20)24-16-19-8-4-3-5-9-19/h3-15H,16H2,1-2H3. The fraction of sp³-hybridized carbons (Fsp3) is 0.136. The van der Waals surface area contributed by atoms with Gasteiger partial charge in [0.25, 0.3) is 0 Å².